The van der Waals surface area contributed by atoms with Crippen molar-refractivity contribution in [1.82, 2.24) is 0 Å². The average molecular weight is 309 g/mol. The Morgan fingerprint density at radius 2 is 1.86 bits per heavy atom. The van der Waals surface area contributed by atoms with E-state index in [-0.39, 0.29) is 17.5 Å². The molecule has 2 heteroatoms. The van der Waals surface area contributed by atoms with E-state index in [0.717, 1.165) is 31.1 Å². The van der Waals surface area contributed by atoms with E-state index in [0.29, 0.717) is 5.92 Å². The smallest absolute Gasteiger partial charge is 0.309 e. The molecule has 2 nitrogen and oxygen atoms in total. The highest BCUT2D eigenvalue weighted by atomic mass is 16.6. The largest absolute Gasteiger partial charge is 0.454 e. The topological polar surface area (TPSA) is 26.3 Å². The van der Waals surface area contributed by atoms with Crippen LogP contribution in [-0.2, 0) is 9.53 Å². The van der Waals surface area contributed by atoms with E-state index in [1.165, 1.54) is 18.4 Å². The molecule has 22 heavy (non-hydrogen) atoms. The second kappa shape index (κ2) is 8.17. The SMILES string of the molecule is CCC(CC)(OC(=O)C(C)C)C1=CC(C)CC(CC(C)C)C1. The Hall–Kier alpha value is -0.790. The van der Waals surface area contributed by atoms with E-state index >= 15 is 0 Å². The van der Waals surface area contributed by atoms with Gasteiger partial charge in [-0.25, -0.2) is 0 Å². The number of hydrogen-bond acceptors (Lipinski definition) is 2. The minimum Gasteiger partial charge on any atom is -0.454 e. The zero-order valence-corrected chi connectivity index (χ0v) is 15.7. The fourth-order valence-corrected chi connectivity index (χ4v) is 3.81. The van der Waals surface area contributed by atoms with Gasteiger partial charge < -0.3 is 4.74 Å². The van der Waals surface area contributed by atoms with Gasteiger partial charge in [-0.3, -0.25) is 4.79 Å². The molecule has 1 aliphatic rings. The molecule has 2 atom stereocenters. The van der Waals surface area contributed by atoms with E-state index in [4.69, 9.17) is 4.74 Å². The summed E-state index contributed by atoms with van der Waals surface area (Å²) in [5.41, 5.74) is 0.988. The summed E-state index contributed by atoms with van der Waals surface area (Å²) in [4.78, 5) is 12.2. The van der Waals surface area contributed by atoms with Crippen molar-refractivity contribution in [2.24, 2.45) is 23.7 Å². The van der Waals surface area contributed by atoms with Gasteiger partial charge in [-0.05, 0) is 55.4 Å². The molecule has 0 amide bonds. The number of esters is 1. The van der Waals surface area contributed by atoms with E-state index in [1.54, 1.807) is 0 Å². The van der Waals surface area contributed by atoms with Crippen LogP contribution in [0.1, 0.15) is 80.6 Å². The summed E-state index contributed by atoms with van der Waals surface area (Å²) in [6.07, 6.45) is 7.75. The maximum atomic E-state index is 12.2. The van der Waals surface area contributed by atoms with Crippen LogP contribution in [-0.4, -0.2) is 11.6 Å². The van der Waals surface area contributed by atoms with Gasteiger partial charge in [0.2, 0.25) is 0 Å². The van der Waals surface area contributed by atoms with E-state index in [9.17, 15) is 4.79 Å². The van der Waals surface area contributed by atoms with Gasteiger partial charge in [-0.2, -0.15) is 0 Å². The van der Waals surface area contributed by atoms with Crippen molar-refractivity contribution in [1.29, 1.82) is 0 Å². The van der Waals surface area contributed by atoms with Crippen LogP contribution in [0.25, 0.3) is 0 Å². The van der Waals surface area contributed by atoms with Crippen molar-refractivity contribution in [3.8, 4) is 0 Å². The van der Waals surface area contributed by atoms with Crippen LogP contribution in [0.15, 0.2) is 11.6 Å². The van der Waals surface area contributed by atoms with E-state index in [1.807, 2.05) is 13.8 Å². The fourth-order valence-electron chi connectivity index (χ4n) is 3.81. The van der Waals surface area contributed by atoms with Gasteiger partial charge in [0.25, 0.3) is 0 Å². The van der Waals surface area contributed by atoms with Crippen molar-refractivity contribution in [3.05, 3.63) is 11.6 Å². The highest BCUT2D eigenvalue weighted by Crippen LogP contribution is 2.41. The van der Waals surface area contributed by atoms with Gasteiger partial charge in [0.05, 0.1) is 5.92 Å². The minimum absolute atomic E-state index is 0.0643. The molecule has 0 heterocycles. The third kappa shape index (κ3) is 4.86. The first kappa shape index (κ1) is 19.3. The number of allylic oxidation sites excluding steroid dienone is 1. The lowest BCUT2D eigenvalue weighted by atomic mass is 9.72. The Morgan fingerprint density at radius 3 is 2.32 bits per heavy atom. The molecule has 0 fully saturated rings. The summed E-state index contributed by atoms with van der Waals surface area (Å²) in [6, 6.07) is 0. The first-order valence-electron chi connectivity index (χ1n) is 9.18. The van der Waals surface area contributed by atoms with Gasteiger partial charge in [0, 0.05) is 0 Å². The molecule has 1 rings (SSSR count). The summed E-state index contributed by atoms with van der Waals surface area (Å²) in [6.45, 7) is 15.0. The molecule has 128 valence electrons. The van der Waals surface area contributed by atoms with Gasteiger partial charge in [0.1, 0.15) is 5.60 Å². The molecule has 1 aliphatic carbocycles. The summed E-state index contributed by atoms with van der Waals surface area (Å²) in [5, 5.41) is 0. The van der Waals surface area contributed by atoms with Crippen LogP contribution >= 0.6 is 0 Å². The summed E-state index contributed by atoms with van der Waals surface area (Å²) in [5.74, 6) is 1.91. The predicted molar refractivity (Wildman–Crippen MR) is 93.7 cm³/mol. The fraction of sp³-hybridized carbons (Fsp3) is 0.850. The molecule has 0 spiro atoms. The molecule has 0 aromatic rings. The molecule has 0 aliphatic heterocycles. The van der Waals surface area contributed by atoms with Crippen LogP contribution in [0.5, 0.6) is 0 Å². The standard InChI is InChI=1S/C20H36O2/c1-8-20(9-2,22-19(21)15(5)6)18-12-16(7)11-17(13-18)10-14(3)4/h12,14-17H,8-11,13H2,1-7H3. The highest BCUT2D eigenvalue weighted by Gasteiger charge is 2.38. The maximum Gasteiger partial charge on any atom is 0.309 e. The van der Waals surface area contributed by atoms with Crippen LogP contribution in [0.3, 0.4) is 0 Å². The van der Waals surface area contributed by atoms with Gasteiger partial charge in [-0.15, -0.1) is 0 Å². The Balaban J connectivity index is 3.00. The lowest BCUT2D eigenvalue weighted by Gasteiger charge is -2.40. The van der Waals surface area contributed by atoms with Crippen molar-refractivity contribution < 1.29 is 9.53 Å². The molecule has 0 radical (unpaired) electrons. The highest BCUT2D eigenvalue weighted by molar-refractivity contribution is 5.72. The number of carbonyl (C=O) groups is 1. The molecule has 0 saturated carbocycles. The number of carbonyl (C=O) groups excluding carboxylic acids is 1. The van der Waals surface area contributed by atoms with E-state index in [2.05, 4.69) is 40.7 Å². The number of hydrogen-bond donors (Lipinski definition) is 0. The molecule has 0 bridgehead atoms. The summed E-state index contributed by atoms with van der Waals surface area (Å²) >= 11 is 0. The second-order valence-corrected chi connectivity index (χ2v) is 7.88. The minimum atomic E-state index is -0.384. The van der Waals surface area contributed by atoms with E-state index < -0.39 is 0 Å². The second-order valence-electron chi connectivity index (χ2n) is 7.88. The maximum absolute atomic E-state index is 12.2. The first-order valence-corrected chi connectivity index (χ1v) is 9.18. The van der Waals surface area contributed by atoms with Gasteiger partial charge in [0.15, 0.2) is 0 Å². The lowest BCUT2D eigenvalue weighted by molar-refractivity contribution is -0.161. The van der Waals surface area contributed by atoms with Gasteiger partial charge in [-0.1, -0.05) is 54.5 Å². The van der Waals surface area contributed by atoms with Crippen molar-refractivity contribution in [2.45, 2.75) is 86.2 Å². The third-order valence-electron chi connectivity index (χ3n) is 5.00. The molecule has 0 aromatic heterocycles. The molecule has 0 N–H and O–H groups in total. The number of rotatable bonds is 7. The van der Waals surface area contributed by atoms with Crippen molar-refractivity contribution in [3.63, 3.8) is 0 Å². The van der Waals surface area contributed by atoms with Crippen LogP contribution in [0, 0.1) is 23.7 Å². The molecule has 2 unspecified atom stereocenters. The third-order valence-corrected chi connectivity index (χ3v) is 5.00. The van der Waals surface area contributed by atoms with Crippen LogP contribution in [0.2, 0.25) is 0 Å². The first-order chi connectivity index (χ1) is 10.2. The Kier molecular flexibility index (Phi) is 7.15. The molecule has 0 aromatic carbocycles. The van der Waals surface area contributed by atoms with Crippen molar-refractivity contribution >= 4 is 5.97 Å². The number of ether oxygens (including phenoxy) is 1. The monoisotopic (exact) mass is 308 g/mol. The Morgan fingerprint density at radius 1 is 1.27 bits per heavy atom. The average Bonchev–Trinajstić information content (AvgIpc) is 2.43. The quantitative estimate of drug-likeness (QED) is 0.441. The Bertz CT molecular complexity index is 389. The summed E-state index contributed by atoms with van der Waals surface area (Å²) in [7, 11) is 0. The molecular weight excluding hydrogens is 272 g/mol. The summed E-state index contributed by atoms with van der Waals surface area (Å²) < 4.78 is 6.03. The molecular formula is C20H36O2. The molecule has 0 saturated heterocycles. The zero-order chi connectivity index (χ0) is 16.9. The van der Waals surface area contributed by atoms with Crippen molar-refractivity contribution in [2.75, 3.05) is 0 Å². The lowest BCUT2D eigenvalue weighted by Crippen LogP contribution is -2.39. The van der Waals surface area contributed by atoms with Crippen LogP contribution in [0.4, 0.5) is 0 Å². The van der Waals surface area contributed by atoms with Gasteiger partial charge >= 0.3 is 5.97 Å². The zero-order valence-electron chi connectivity index (χ0n) is 15.7. The normalized spacial score (nSPS) is 22.9. The van der Waals surface area contributed by atoms with Crippen LogP contribution < -0.4 is 0 Å². The Labute approximate surface area is 137 Å². The predicted octanol–water partition coefficient (Wildman–Crippen LogP) is 5.76.